The number of anilines is 1. The van der Waals surface area contributed by atoms with E-state index in [-0.39, 0.29) is 16.2 Å². The van der Waals surface area contributed by atoms with Crippen LogP contribution in [0.2, 0.25) is 0 Å². The van der Waals surface area contributed by atoms with E-state index in [1.54, 1.807) is 6.07 Å². The number of aryl methyl sites for hydroxylation is 1. The molecule has 0 spiro atoms. The summed E-state index contributed by atoms with van der Waals surface area (Å²) < 4.78 is 25.7. The van der Waals surface area contributed by atoms with Crippen molar-refractivity contribution in [1.29, 1.82) is 0 Å². The highest BCUT2D eigenvalue weighted by Crippen LogP contribution is 2.27. The highest BCUT2D eigenvalue weighted by Gasteiger charge is 2.21. The molecular weight excluding hydrogens is 300 g/mol. The van der Waals surface area contributed by atoms with E-state index in [9.17, 15) is 13.2 Å². The number of nitrogens with one attached hydrogen (secondary N) is 1. The Balaban J connectivity index is 3.22. The molecule has 6 heteroatoms. The maximum atomic E-state index is 12.3. The Bertz CT molecular complexity index is 671. The minimum absolute atomic E-state index is 0.116. The molecule has 0 saturated carbocycles. The van der Waals surface area contributed by atoms with Gasteiger partial charge in [0.15, 0.2) is 0 Å². The summed E-state index contributed by atoms with van der Waals surface area (Å²) in [6.45, 7) is 9.66. The van der Waals surface area contributed by atoms with Crippen LogP contribution in [0.3, 0.4) is 0 Å². The van der Waals surface area contributed by atoms with Crippen molar-refractivity contribution in [2.45, 2.75) is 45.9 Å². The third kappa shape index (κ3) is 4.55. The fourth-order valence-electron chi connectivity index (χ4n) is 1.99. The van der Waals surface area contributed by atoms with Crippen molar-refractivity contribution in [2.75, 3.05) is 19.4 Å². The van der Waals surface area contributed by atoms with E-state index in [1.807, 2.05) is 34.6 Å². The minimum Gasteiger partial charge on any atom is -0.326 e. The smallest absolute Gasteiger partial charge is 0.242 e. The van der Waals surface area contributed by atoms with Gasteiger partial charge in [0.1, 0.15) is 0 Å². The molecule has 0 aliphatic carbocycles. The van der Waals surface area contributed by atoms with E-state index in [2.05, 4.69) is 5.32 Å². The number of sulfonamides is 1. The predicted octanol–water partition coefficient (Wildman–Crippen LogP) is 2.93. The molecule has 0 fully saturated rings. The number of carbonyl (C=O) groups is 1. The van der Waals surface area contributed by atoms with Crippen molar-refractivity contribution in [3.05, 3.63) is 23.3 Å². The Hall–Kier alpha value is -1.40. The van der Waals surface area contributed by atoms with Gasteiger partial charge < -0.3 is 5.32 Å². The van der Waals surface area contributed by atoms with E-state index in [0.29, 0.717) is 12.1 Å². The first-order valence-electron chi connectivity index (χ1n) is 7.18. The van der Waals surface area contributed by atoms with Gasteiger partial charge in [-0.25, -0.2) is 12.7 Å². The first-order valence-corrected chi connectivity index (χ1v) is 8.62. The lowest BCUT2D eigenvalue weighted by molar-refractivity contribution is -0.117. The summed E-state index contributed by atoms with van der Waals surface area (Å²) in [5.74, 6) is -0.116. The van der Waals surface area contributed by atoms with Crippen LogP contribution < -0.4 is 5.32 Å². The van der Waals surface area contributed by atoms with Gasteiger partial charge >= 0.3 is 0 Å². The van der Waals surface area contributed by atoms with Gasteiger partial charge in [0.05, 0.1) is 4.90 Å². The molecule has 1 amide bonds. The van der Waals surface area contributed by atoms with Gasteiger partial charge in [0.2, 0.25) is 15.9 Å². The van der Waals surface area contributed by atoms with Gasteiger partial charge in [-0.2, -0.15) is 0 Å². The Morgan fingerprint density at radius 2 is 1.73 bits per heavy atom. The van der Waals surface area contributed by atoms with E-state index in [1.165, 1.54) is 20.2 Å². The Kier molecular flexibility index (Phi) is 5.41. The molecular formula is C16H26N2O3S. The lowest BCUT2D eigenvalue weighted by Gasteiger charge is -2.19. The number of hydrogen-bond acceptors (Lipinski definition) is 3. The van der Waals surface area contributed by atoms with Crippen LogP contribution in [0.25, 0.3) is 0 Å². The summed E-state index contributed by atoms with van der Waals surface area (Å²) >= 11 is 0. The first kappa shape index (κ1) is 18.6. The van der Waals surface area contributed by atoms with Crippen molar-refractivity contribution < 1.29 is 13.2 Å². The second-order valence-corrected chi connectivity index (χ2v) is 9.14. The van der Waals surface area contributed by atoms with Crippen molar-refractivity contribution in [1.82, 2.24) is 4.31 Å². The van der Waals surface area contributed by atoms with Crippen molar-refractivity contribution in [2.24, 2.45) is 5.41 Å². The molecule has 0 atom stereocenters. The van der Waals surface area contributed by atoms with Gasteiger partial charge in [0.25, 0.3) is 0 Å². The maximum Gasteiger partial charge on any atom is 0.242 e. The van der Waals surface area contributed by atoms with Gasteiger partial charge in [0, 0.05) is 26.2 Å². The van der Waals surface area contributed by atoms with Gasteiger partial charge in [-0.05, 0) is 42.5 Å². The van der Waals surface area contributed by atoms with Gasteiger partial charge in [-0.1, -0.05) is 20.8 Å². The van der Waals surface area contributed by atoms with Crippen LogP contribution in [0, 0.1) is 19.3 Å². The third-order valence-corrected chi connectivity index (χ3v) is 5.18. The standard InChI is InChI=1S/C16H26N2O3S/c1-11-8-13(22(20,21)18(6)7)9-14(12(11)2)17-15(19)10-16(3,4)5/h8-9H,10H2,1-7H3,(H,17,19). The van der Waals surface area contributed by atoms with Crippen LogP contribution in [0.4, 0.5) is 5.69 Å². The SMILES string of the molecule is Cc1cc(S(=O)(=O)N(C)C)cc(NC(=O)CC(C)(C)C)c1C. The average Bonchev–Trinajstić information content (AvgIpc) is 2.31. The third-order valence-electron chi connectivity index (χ3n) is 3.38. The van der Waals surface area contributed by atoms with Gasteiger partial charge in [-0.3, -0.25) is 4.79 Å². The first-order chi connectivity index (χ1) is 9.84. The fraction of sp³-hybridized carbons (Fsp3) is 0.562. The molecule has 0 unspecified atom stereocenters. The van der Waals surface area contributed by atoms with Crippen LogP contribution >= 0.6 is 0 Å². The van der Waals surface area contributed by atoms with Crippen molar-refractivity contribution in [3.8, 4) is 0 Å². The number of amides is 1. The van der Waals surface area contributed by atoms with Crippen LogP contribution in [0.15, 0.2) is 17.0 Å². The largest absolute Gasteiger partial charge is 0.326 e. The second-order valence-electron chi connectivity index (χ2n) is 6.99. The maximum absolute atomic E-state index is 12.3. The molecule has 1 aromatic rings. The molecule has 22 heavy (non-hydrogen) atoms. The summed E-state index contributed by atoms with van der Waals surface area (Å²) in [5, 5.41) is 2.84. The zero-order valence-electron chi connectivity index (χ0n) is 14.4. The molecule has 0 aliphatic rings. The molecule has 0 aliphatic heterocycles. The van der Waals surface area contributed by atoms with Crippen LogP contribution in [0.5, 0.6) is 0 Å². The predicted molar refractivity (Wildman–Crippen MR) is 89.5 cm³/mol. The summed E-state index contributed by atoms with van der Waals surface area (Å²) in [6, 6.07) is 3.16. The number of nitrogens with zero attached hydrogens (tertiary/aromatic N) is 1. The lowest BCUT2D eigenvalue weighted by atomic mass is 9.92. The normalized spacial score (nSPS) is 12.5. The van der Waals surface area contributed by atoms with E-state index >= 15 is 0 Å². The molecule has 124 valence electrons. The Labute approximate surface area is 133 Å². The second kappa shape index (κ2) is 6.38. The summed E-state index contributed by atoms with van der Waals surface area (Å²) in [7, 11) is -0.551. The van der Waals surface area contributed by atoms with E-state index < -0.39 is 10.0 Å². The van der Waals surface area contributed by atoms with E-state index in [0.717, 1.165) is 15.4 Å². The van der Waals surface area contributed by atoms with Gasteiger partial charge in [-0.15, -0.1) is 0 Å². The number of carbonyl (C=O) groups excluding carboxylic acids is 1. The number of rotatable bonds is 4. The lowest BCUT2D eigenvalue weighted by Crippen LogP contribution is -2.23. The fourth-order valence-corrected chi connectivity index (χ4v) is 3.01. The highest BCUT2D eigenvalue weighted by atomic mass is 32.2. The molecule has 1 N–H and O–H groups in total. The Morgan fingerprint density at radius 3 is 2.18 bits per heavy atom. The van der Waals surface area contributed by atoms with Crippen LogP contribution in [-0.4, -0.2) is 32.7 Å². The number of hydrogen-bond donors (Lipinski definition) is 1. The highest BCUT2D eigenvalue weighted by molar-refractivity contribution is 7.89. The van der Waals surface area contributed by atoms with Crippen molar-refractivity contribution >= 4 is 21.6 Å². The van der Waals surface area contributed by atoms with Crippen LogP contribution in [-0.2, 0) is 14.8 Å². The summed E-state index contributed by atoms with van der Waals surface area (Å²) in [5.41, 5.74) is 2.13. The zero-order valence-corrected chi connectivity index (χ0v) is 15.3. The number of benzene rings is 1. The quantitative estimate of drug-likeness (QED) is 0.925. The van der Waals surface area contributed by atoms with E-state index in [4.69, 9.17) is 0 Å². The topological polar surface area (TPSA) is 66.5 Å². The minimum atomic E-state index is -3.53. The van der Waals surface area contributed by atoms with Crippen LogP contribution in [0.1, 0.15) is 38.3 Å². The molecule has 0 radical (unpaired) electrons. The molecule has 0 heterocycles. The molecule has 0 aromatic heterocycles. The average molecular weight is 326 g/mol. The molecule has 1 rings (SSSR count). The molecule has 0 bridgehead atoms. The molecule has 0 saturated heterocycles. The summed E-state index contributed by atoms with van der Waals surface area (Å²) in [6.07, 6.45) is 0.371. The Morgan fingerprint density at radius 1 is 1.18 bits per heavy atom. The van der Waals surface area contributed by atoms with Crippen molar-refractivity contribution in [3.63, 3.8) is 0 Å². The zero-order chi connectivity index (χ0) is 17.3. The molecule has 5 nitrogen and oxygen atoms in total. The molecule has 1 aromatic carbocycles. The monoisotopic (exact) mass is 326 g/mol. The summed E-state index contributed by atoms with van der Waals surface area (Å²) in [4.78, 5) is 12.3.